The minimum atomic E-state index is 0.293. The molecule has 17 heavy (non-hydrogen) atoms. The molecule has 4 aliphatic rings. The van der Waals surface area contributed by atoms with Crippen LogP contribution in [0.3, 0.4) is 0 Å². The molecule has 0 aromatic rings. The first-order valence-corrected chi connectivity index (χ1v) is 10.5. The lowest BCUT2D eigenvalue weighted by molar-refractivity contribution is 0.265. The van der Waals surface area contributed by atoms with Gasteiger partial charge in [0.2, 0.25) is 0 Å². The fraction of sp³-hybridized carbons (Fsp3) is 0.867. The molecule has 96 valence electrons. The van der Waals surface area contributed by atoms with Gasteiger partial charge in [0.1, 0.15) is 0 Å². The molecule has 4 aliphatic heterocycles. The summed E-state index contributed by atoms with van der Waals surface area (Å²) in [6, 6.07) is 0. The molecule has 0 radical (unpaired) electrons. The van der Waals surface area contributed by atoms with Gasteiger partial charge >= 0.3 is 0 Å². The van der Waals surface area contributed by atoms with Crippen molar-refractivity contribution in [1.29, 1.82) is 0 Å². The third kappa shape index (κ3) is 1.33. The lowest BCUT2D eigenvalue weighted by Gasteiger charge is -2.48. The molecule has 0 spiro atoms. The van der Waals surface area contributed by atoms with Gasteiger partial charge in [0.25, 0.3) is 0 Å². The van der Waals surface area contributed by atoms with Crippen LogP contribution in [0.15, 0.2) is 12.2 Å². The topological polar surface area (TPSA) is 0 Å². The van der Waals surface area contributed by atoms with Gasteiger partial charge in [-0.05, 0) is 28.1 Å². The molecule has 0 aromatic carbocycles. The zero-order valence-electron chi connectivity index (χ0n) is 12.3. The standard InChI is InChI=1S/C15H26P2/c1-12(2,3)11-14(7)8-9-15(13(4,5)6)16(10-14)17(11)15/h8-9,11H,10H2,1-7H3. The second-order valence-electron chi connectivity index (χ2n) is 8.49. The van der Waals surface area contributed by atoms with Gasteiger partial charge in [0.05, 0.1) is 0 Å². The van der Waals surface area contributed by atoms with Crippen molar-refractivity contribution in [2.24, 2.45) is 16.2 Å². The van der Waals surface area contributed by atoms with Gasteiger partial charge < -0.3 is 0 Å². The fourth-order valence-electron chi connectivity index (χ4n) is 4.46. The van der Waals surface area contributed by atoms with Gasteiger partial charge in [0.15, 0.2) is 0 Å². The summed E-state index contributed by atoms with van der Waals surface area (Å²) in [5.41, 5.74) is 2.50. The van der Waals surface area contributed by atoms with Crippen LogP contribution >= 0.6 is 15.2 Å². The van der Waals surface area contributed by atoms with Crippen LogP contribution in [-0.2, 0) is 0 Å². The maximum Gasteiger partial charge on any atom is 0.0414 e. The number of allylic oxidation sites excluding steroid dienone is 2. The first-order chi connectivity index (χ1) is 7.54. The molecule has 4 rings (SSSR count). The van der Waals surface area contributed by atoms with Crippen LogP contribution in [0.5, 0.6) is 0 Å². The van der Waals surface area contributed by atoms with Crippen molar-refractivity contribution in [3.8, 4) is 0 Å². The summed E-state index contributed by atoms with van der Waals surface area (Å²) in [5.74, 6) is 0. The number of hydrogen-bond donors (Lipinski definition) is 0. The quantitative estimate of drug-likeness (QED) is 0.395. The summed E-state index contributed by atoms with van der Waals surface area (Å²) in [6.07, 6.45) is 6.80. The Bertz CT molecular complexity index is 398. The van der Waals surface area contributed by atoms with Crippen molar-refractivity contribution in [3.63, 3.8) is 0 Å². The van der Waals surface area contributed by atoms with Crippen molar-refractivity contribution in [2.75, 3.05) is 6.16 Å². The minimum Gasteiger partial charge on any atom is -0.0803 e. The molecular weight excluding hydrogens is 242 g/mol. The zero-order valence-corrected chi connectivity index (χ0v) is 14.1. The van der Waals surface area contributed by atoms with Gasteiger partial charge in [-0.1, -0.05) is 75.8 Å². The zero-order chi connectivity index (χ0) is 12.9. The smallest absolute Gasteiger partial charge is 0.0414 e. The van der Waals surface area contributed by atoms with Crippen LogP contribution in [0.25, 0.3) is 0 Å². The second-order valence-corrected chi connectivity index (χ2v) is 15.3. The van der Waals surface area contributed by atoms with Crippen molar-refractivity contribution >= 4 is 15.2 Å². The molecule has 0 aromatic heterocycles. The monoisotopic (exact) mass is 268 g/mol. The molecular formula is C15H26P2. The highest BCUT2D eigenvalue weighted by molar-refractivity contribution is 8.48. The molecule has 2 fully saturated rings. The van der Waals surface area contributed by atoms with Crippen molar-refractivity contribution in [1.82, 2.24) is 0 Å². The van der Waals surface area contributed by atoms with Crippen LogP contribution in [0, 0.1) is 16.2 Å². The largest absolute Gasteiger partial charge is 0.0803 e. The van der Waals surface area contributed by atoms with Gasteiger partial charge in [0, 0.05) is 4.90 Å². The molecule has 0 aliphatic carbocycles. The van der Waals surface area contributed by atoms with Crippen LogP contribution in [0.1, 0.15) is 48.5 Å². The van der Waals surface area contributed by atoms with E-state index in [0.29, 0.717) is 36.4 Å². The van der Waals surface area contributed by atoms with Crippen LogP contribution in [-0.4, -0.2) is 16.7 Å². The van der Waals surface area contributed by atoms with E-state index in [1.165, 1.54) is 6.16 Å². The summed E-state index contributed by atoms with van der Waals surface area (Å²) < 4.78 is 0. The molecule has 5 atom stereocenters. The molecule has 0 nitrogen and oxygen atoms in total. The summed E-state index contributed by atoms with van der Waals surface area (Å²) in [6.45, 7) is 17.4. The van der Waals surface area contributed by atoms with Gasteiger partial charge in [-0.15, -0.1) is 0 Å². The predicted molar refractivity (Wildman–Crippen MR) is 81.4 cm³/mol. The Morgan fingerprint density at radius 3 is 2.12 bits per heavy atom. The van der Waals surface area contributed by atoms with Crippen molar-refractivity contribution in [3.05, 3.63) is 12.2 Å². The Hall–Kier alpha value is 0.600. The molecule has 4 heterocycles. The van der Waals surface area contributed by atoms with Crippen LogP contribution < -0.4 is 0 Å². The summed E-state index contributed by atoms with van der Waals surface area (Å²) in [4.78, 5) is 0.660. The molecule has 0 amide bonds. The van der Waals surface area contributed by atoms with E-state index >= 15 is 0 Å². The van der Waals surface area contributed by atoms with Gasteiger partial charge in [-0.25, -0.2) is 0 Å². The van der Waals surface area contributed by atoms with E-state index in [-0.39, 0.29) is 0 Å². The van der Waals surface area contributed by atoms with Crippen molar-refractivity contribution < 1.29 is 0 Å². The second kappa shape index (κ2) is 3.02. The van der Waals surface area contributed by atoms with E-state index in [9.17, 15) is 0 Å². The SMILES string of the molecule is CC(C)(C)C1P2P3CC1(C)C=CC32C(C)(C)C. The van der Waals surface area contributed by atoms with E-state index in [0.717, 1.165) is 5.66 Å². The average Bonchev–Trinajstić information content (AvgIpc) is 2.63. The molecule has 2 heteroatoms. The highest BCUT2D eigenvalue weighted by Crippen LogP contribution is 3.13. The molecule has 0 saturated carbocycles. The summed E-state index contributed by atoms with van der Waals surface area (Å²) in [5, 5.41) is 0. The molecule has 5 unspecified atom stereocenters. The van der Waals surface area contributed by atoms with Gasteiger partial charge in [-0.2, -0.15) is 0 Å². The molecule has 2 saturated heterocycles. The Balaban J connectivity index is 2.08. The lowest BCUT2D eigenvalue weighted by atomic mass is 9.74. The Morgan fingerprint density at radius 1 is 1.06 bits per heavy atom. The first-order valence-electron chi connectivity index (χ1n) is 6.81. The predicted octanol–water partition coefficient (Wildman–Crippen LogP) is 5.63. The Kier molecular flexibility index (Phi) is 2.24. The minimum absolute atomic E-state index is 0.293. The lowest BCUT2D eigenvalue weighted by Crippen LogP contribution is -2.45. The Morgan fingerprint density at radius 2 is 1.65 bits per heavy atom. The van der Waals surface area contributed by atoms with Gasteiger partial charge in [-0.3, -0.25) is 0 Å². The third-order valence-electron chi connectivity index (χ3n) is 4.94. The van der Waals surface area contributed by atoms with E-state index in [1.807, 2.05) is 0 Å². The first kappa shape index (κ1) is 12.6. The average molecular weight is 268 g/mol. The van der Waals surface area contributed by atoms with E-state index in [2.05, 4.69) is 60.6 Å². The fourth-order valence-corrected chi connectivity index (χ4v) is 20.2. The maximum absolute atomic E-state index is 2.66. The van der Waals surface area contributed by atoms with Crippen LogP contribution in [0.2, 0.25) is 0 Å². The van der Waals surface area contributed by atoms with E-state index in [1.54, 1.807) is 0 Å². The highest BCUT2D eigenvalue weighted by Gasteiger charge is 2.79. The van der Waals surface area contributed by atoms with E-state index < -0.39 is 0 Å². The molecule has 4 bridgehead atoms. The third-order valence-corrected chi connectivity index (χ3v) is 16.4. The van der Waals surface area contributed by atoms with Crippen molar-refractivity contribution in [2.45, 2.75) is 59.0 Å². The van der Waals surface area contributed by atoms with Crippen LogP contribution in [0.4, 0.5) is 0 Å². The van der Waals surface area contributed by atoms with E-state index in [4.69, 9.17) is 0 Å². The Labute approximate surface area is 109 Å². The summed E-state index contributed by atoms with van der Waals surface area (Å²) >= 11 is 0. The highest BCUT2D eigenvalue weighted by atomic mass is 32.1. The number of hydrogen-bond acceptors (Lipinski definition) is 0. The number of rotatable bonds is 0. The normalized spacial score (nSPS) is 51.8. The summed E-state index contributed by atoms with van der Waals surface area (Å²) in [7, 11) is 0.635. The molecule has 0 N–H and O–H groups in total. The maximum atomic E-state index is 2.66.